The van der Waals surface area contributed by atoms with Gasteiger partial charge in [-0.3, -0.25) is 14.6 Å². The van der Waals surface area contributed by atoms with Gasteiger partial charge in [-0.2, -0.15) is 0 Å². The first-order valence-corrected chi connectivity index (χ1v) is 8.12. The number of pyridine rings is 1. The van der Waals surface area contributed by atoms with E-state index in [1.807, 2.05) is 18.3 Å². The predicted molar refractivity (Wildman–Crippen MR) is 88.6 cm³/mol. The van der Waals surface area contributed by atoms with E-state index in [9.17, 15) is 9.59 Å². The number of likely N-dealkylation sites (tertiary alicyclic amines) is 1. The lowest BCUT2D eigenvalue weighted by Crippen LogP contribution is -2.58. The summed E-state index contributed by atoms with van der Waals surface area (Å²) < 4.78 is 0. The van der Waals surface area contributed by atoms with Crippen molar-refractivity contribution in [2.45, 2.75) is 37.6 Å². The molecule has 2 amide bonds. The monoisotopic (exact) mass is 318 g/mol. The Labute approximate surface area is 137 Å². The van der Waals surface area contributed by atoms with Crippen molar-refractivity contribution in [1.29, 1.82) is 0 Å². The number of likely N-dealkylation sites (N-methyl/N-ethyl adjacent to an activating group) is 1. The van der Waals surface area contributed by atoms with E-state index in [0.29, 0.717) is 19.4 Å². The van der Waals surface area contributed by atoms with Crippen LogP contribution >= 0.6 is 0 Å². The average molecular weight is 318 g/mol. The van der Waals surface area contributed by atoms with Gasteiger partial charge in [0.2, 0.25) is 11.8 Å². The summed E-state index contributed by atoms with van der Waals surface area (Å²) in [6, 6.07) is 3.95. The SMILES string of the molecule is CN(C)C(=O)[C@@]1(CCCc2cccnc2)CCCN1C(=O)CN. The van der Waals surface area contributed by atoms with E-state index in [4.69, 9.17) is 5.73 Å². The molecule has 0 unspecified atom stereocenters. The fourth-order valence-corrected chi connectivity index (χ4v) is 3.49. The van der Waals surface area contributed by atoms with E-state index in [0.717, 1.165) is 24.8 Å². The van der Waals surface area contributed by atoms with Crippen molar-refractivity contribution in [2.24, 2.45) is 5.73 Å². The first-order chi connectivity index (χ1) is 11.0. The minimum absolute atomic E-state index is 0.00277. The quantitative estimate of drug-likeness (QED) is 0.842. The number of hydrogen-bond acceptors (Lipinski definition) is 4. The van der Waals surface area contributed by atoms with Crippen LogP contribution in [0.25, 0.3) is 0 Å². The molecule has 0 bridgehead atoms. The predicted octanol–water partition coefficient (Wildman–Crippen LogP) is 0.812. The van der Waals surface area contributed by atoms with Gasteiger partial charge in [0.15, 0.2) is 0 Å². The Bertz CT molecular complexity index is 547. The number of aryl methyl sites for hydroxylation is 1. The third-order valence-electron chi connectivity index (χ3n) is 4.55. The van der Waals surface area contributed by atoms with Crippen LogP contribution in [-0.2, 0) is 16.0 Å². The van der Waals surface area contributed by atoms with Gasteiger partial charge in [-0.15, -0.1) is 0 Å². The summed E-state index contributed by atoms with van der Waals surface area (Å²) in [5, 5.41) is 0. The zero-order valence-electron chi connectivity index (χ0n) is 14.0. The van der Waals surface area contributed by atoms with Crippen LogP contribution in [0.3, 0.4) is 0 Å². The van der Waals surface area contributed by atoms with Gasteiger partial charge < -0.3 is 15.5 Å². The number of hydrogen-bond donors (Lipinski definition) is 1. The van der Waals surface area contributed by atoms with Crippen LogP contribution in [0.2, 0.25) is 0 Å². The Balaban J connectivity index is 2.14. The summed E-state index contributed by atoms with van der Waals surface area (Å²) in [5.41, 5.74) is 5.96. The molecule has 0 radical (unpaired) electrons. The molecule has 126 valence electrons. The van der Waals surface area contributed by atoms with Crippen molar-refractivity contribution in [3.8, 4) is 0 Å². The van der Waals surface area contributed by atoms with Gasteiger partial charge in [0.25, 0.3) is 0 Å². The molecule has 1 aromatic heterocycles. The number of nitrogens with zero attached hydrogens (tertiary/aromatic N) is 3. The van der Waals surface area contributed by atoms with Gasteiger partial charge in [0.05, 0.1) is 6.54 Å². The van der Waals surface area contributed by atoms with Crippen LogP contribution in [0.1, 0.15) is 31.2 Å². The van der Waals surface area contributed by atoms with Crippen LogP contribution in [0.4, 0.5) is 0 Å². The summed E-state index contributed by atoms with van der Waals surface area (Å²) in [5.74, 6) is -0.137. The van der Waals surface area contributed by atoms with Gasteiger partial charge in [-0.1, -0.05) is 6.07 Å². The largest absolute Gasteiger partial charge is 0.347 e. The molecule has 23 heavy (non-hydrogen) atoms. The first-order valence-electron chi connectivity index (χ1n) is 8.12. The summed E-state index contributed by atoms with van der Waals surface area (Å²) in [4.78, 5) is 32.4. The second-order valence-electron chi connectivity index (χ2n) is 6.30. The van der Waals surface area contributed by atoms with Gasteiger partial charge in [-0.05, 0) is 43.7 Å². The van der Waals surface area contributed by atoms with E-state index >= 15 is 0 Å². The molecule has 0 saturated carbocycles. The number of amides is 2. The Kier molecular flexibility index (Phi) is 5.71. The lowest BCUT2D eigenvalue weighted by atomic mass is 9.87. The molecule has 0 spiro atoms. The minimum Gasteiger partial charge on any atom is -0.347 e. The van der Waals surface area contributed by atoms with Crippen LogP contribution in [0.5, 0.6) is 0 Å². The summed E-state index contributed by atoms with van der Waals surface area (Å²) in [6.45, 7) is 0.563. The Morgan fingerprint density at radius 2 is 2.22 bits per heavy atom. The maximum absolute atomic E-state index is 12.8. The molecule has 1 fully saturated rings. The number of aromatic nitrogens is 1. The molecule has 0 aromatic carbocycles. The molecule has 0 aliphatic carbocycles. The van der Waals surface area contributed by atoms with Gasteiger partial charge >= 0.3 is 0 Å². The third kappa shape index (κ3) is 3.69. The summed E-state index contributed by atoms with van der Waals surface area (Å²) in [7, 11) is 3.49. The van der Waals surface area contributed by atoms with E-state index < -0.39 is 5.54 Å². The van der Waals surface area contributed by atoms with Crippen molar-refractivity contribution < 1.29 is 9.59 Å². The van der Waals surface area contributed by atoms with E-state index in [-0.39, 0.29) is 18.4 Å². The molecule has 1 saturated heterocycles. The van der Waals surface area contributed by atoms with Crippen molar-refractivity contribution in [3.05, 3.63) is 30.1 Å². The third-order valence-corrected chi connectivity index (χ3v) is 4.55. The number of carbonyl (C=O) groups is 2. The van der Waals surface area contributed by atoms with Gasteiger partial charge in [-0.25, -0.2) is 0 Å². The molecule has 1 atom stereocenters. The van der Waals surface area contributed by atoms with E-state index in [2.05, 4.69) is 4.98 Å². The van der Waals surface area contributed by atoms with Gasteiger partial charge in [0.1, 0.15) is 5.54 Å². The molecule has 6 heteroatoms. The zero-order valence-corrected chi connectivity index (χ0v) is 14.0. The maximum Gasteiger partial charge on any atom is 0.248 e. The maximum atomic E-state index is 12.8. The standard InChI is InChI=1S/C17H26N4O2/c1-20(2)16(23)17(9-5-11-21(17)15(22)12-18)8-3-6-14-7-4-10-19-13-14/h4,7,10,13H,3,5-6,8-9,11-12,18H2,1-2H3/t17-/m1/s1. The summed E-state index contributed by atoms with van der Waals surface area (Å²) >= 11 is 0. The van der Waals surface area contributed by atoms with Crippen LogP contribution < -0.4 is 5.73 Å². The van der Waals surface area contributed by atoms with E-state index in [1.165, 1.54) is 0 Å². The molecular weight excluding hydrogens is 292 g/mol. The lowest BCUT2D eigenvalue weighted by Gasteiger charge is -2.39. The molecular formula is C17H26N4O2. The van der Waals surface area contributed by atoms with Crippen LogP contribution in [0.15, 0.2) is 24.5 Å². The smallest absolute Gasteiger partial charge is 0.248 e. The molecule has 2 heterocycles. The molecule has 2 rings (SSSR count). The normalized spacial score (nSPS) is 20.6. The Morgan fingerprint density at radius 1 is 1.43 bits per heavy atom. The second kappa shape index (κ2) is 7.55. The van der Waals surface area contributed by atoms with Crippen LogP contribution in [0, 0.1) is 0 Å². The van der Waals surface area contributed by atoms with Crippen molar-refractivity contribution in [1.82, 2.24) is 14.8 Å². The Hall–Kier alpha value is -1.95. The van der Waals surface area contributed by atoms with Crippen molar-refractivity contribution >= 4 is 11.8 Å². The number of carbonyl (C=O) groups excluding carboxylic acids is 2. The molecule has 1 aromatic rings. The highest BCUT2D eigenvalue weighted by molar-refractivity contribution is 5.92. The van der Waals surface area contributed by atoms with Crippen LogP contribution in [-0.4, -0.2) is 59.3 Å². The highest BCUT2D eigenvalue weighted by atomic mass is 16.2. The van der Waals surface area contributed by atoms with Gasteiger partial charge in [0, 0.05) is 33.0 Å². The number of rotatable bonds is 6. The fourth-order valence-electron chi connectivity index (χ4n) is 3.49. The first kappa shape index (κ1) is 17.4. The second-order valence-corrected chi connectivity index (χ2v) is 6.30. The van der Waals surface area contributed by atoms with E-state index in [1.54, 1.807) is 30.1 Å². The molecule has 1 aliphatic rings. The van der Waals surface area contributed by atoms with Crippen molar-refractivity contribution in [3.63, 3.8) is 0 Å². The summed E-state index contributed by atoms with van der Waals surface area (Å²) in [6.07, 6.45) is 7.49. The average Bonchev–Trinajstić information content (AvgIpc) is 2.99. The molecule has 6 nitrogen and oxygen atoms in total. The number of nitrogens with two attached hydrogens (primary N) is 1. The Morgan fingerprint density at radius 3 is 2.83 bits per heavy atom. The highest BCUT2D eigenvalue weighted by Gasteiger charge is 2.49. The van der Waals surface area contributed by atoms with Crippen molar-refractivity contribution in [2.75, 3.05) is 27.2 Å². The highest BCUT2D eigenvalue weighted by Crippen LogP contribution is 2.35. The zero-order chi connectivity index (χ0) is 16.9. The topological polar surface area (TPSA) is 79.5 Å². The minimum atomic E-state index is -0.734. The molecule has 1 aliphatic heterocycles. The fraction of sp³-hybridized carbons (Fsp3) is 0.588. The lowest BCUT2D eigenvalue weighted by molar-refractivity contribution is -0.149. The molecule has 2 N–H and O–H groups in total.